The van der Waals surface area contributed by atoms with Crippen molar-refractivity contribution in [3.05, 3.63) is 58.1 Å². The van der Waals surface area contributed by atoms with Crippen LogP contribution in [-0.2, 0) is 6.54 Å². The lowest BCUT2D eigenvalue weighted by Crippen LogP contribution is -2.25. The molecule has 0 N–H and O–H groups in total. The van der Waals surface area contributed by atoms with Gasteiger partial charge in [0.25, 0.3) is 0 Å². The van der Waals surface area contributed by atoms with Gasteiger partial charge in [-0.15, -0.1) is 16.4 Å². The van der Waals surface area contributed by atoms with Crippen LogP contribution in [0.2, 0.25) is 0 Å². The molecule has 3 aromatic heterocycles. The Bertz CT molecular complexity index is 800. The van der Waals surface area contributed by atoms with Gasteiger partial charge >= 0.3 is 5.69 Å². The summed E-state index contributed by atoms with van der Waals surface area (Å²) in [5, 5.41) is 6.56. The molecule has 5 nitrogen and oxygen atoms in total. The summed E-state index contributed by atoms with van der Waals surface area (Å²) in [6, 6.07) is 10.0. The van der Waals surface area contributed by atoms with Gasteiger partial charge in [0.05, 0.1) is 17.1 Å². The van der Waals surface area contributed by atoms with Crippen molar-refractivity contribution in [1.82, 2.24) is 19.3 Å². The molecule has 0 unspecified atom stereocenters. The van der Waals surface area contributed by atoms with E-state index in [2.05, 4.69) is 10.1 Å². The van der Waals surface area contributed by atoms with Crippen LogP contribution >= 0.6 is 11.3 Å². The van der Waals surface area contributed by atoms with E-state index in [1.165, 1.54) is 4.68 Å². The molecule has 1 aliphatic carbocycles. The maximum absolute atomic E-state index is 12.6. The number of nitrogens with zero attached hydrogens (tertiary/aromatic N) is 4. The number of thiophene rings is 1. The maximum atomic E-state index is 12.6. The van der Waals surface area contributed by atoms with Crippen LogP contribution in [0.3, 0.4) is 0 Å². The van der Waals surface area contributed by atoms with Gasteiger partial charge in [0.2, 0.25) is 0 Å². The van der Waals surface area contributed by atoms with Crippen molar-refractivity contribution in [1.29, 1.82) is 0 Å². The fourth-order valence-corrected chi connectivity index (χ4v) is 3.11. The van der Waals surface area contributed by atoms with Gasteiger partial charge in [0.1, 0.15) is 0 Å². The van der Waals surface area contributed by atoms with E-state index in [4.69, 9.17) is 0 Å². The van der Waals surface area contributed by atoms with E-state index in [1.807, 2.05) is 40.3 Å². The summed E-state index contributed by atoms with van der Waals surface area (Å²) in [6.07, 6.45) is 3.86. The summed E-state index contributed by atoms with van der Waals surface area (Å²) in [7, 11) is 0. The predicted molar refractivity (Wildman–Crippen MR) is 81.4 cm³/mol. The summed E-state index contributed by atoms with van der Waals surface area (Å²) >= 11 is 1.61. The molecule has 0 atom stereocenters. The third kappa shape index (κ3) is 2.31. The van der Waals surface area contributed by atoms with Gasteiger partial charge in [-0.05, 0) is 36.4 Å². The third-order valence-corrected chi connectivity index (χ3v) is 4.43. The Morgan fingerprint density at radius 2 is 2.14 bits per heavy atom. The molecule has 1 fully saturated rings. The van der Waals surface area contributed by atoms with Crippen LogP contribution < -0.4 is 5.69 Å². The van der Waals surface area contributed by atoms with E-state index >= 15 is 0 Å². The van der Waals surface area contributed by atoms with Crippen molar-refractivity contribution >= 4 is 11.3 Å². The highest BCUT2D eigenvalue weighted by Crippen LogP contribution is 2.37. The van der Waals surface area contributed by atoms with Crippen molar-refractivity contribution < 1.29 is 0 Å². The Labute approximate surface area is 125 Å². The topological polar surface area (TPSA) is 52.7 Å². The minimum absolute atomic E-state index is 0.0356. The number of aromatic nitrogens is 4. The molecule has 0 saturated heterocycles. The molecule has 0 radical (unpaired) electrons. The maximum Gasteiger partial charge on any atom is 0.346 e. The molecular formula is C15H14N4OS. The molecule has 3 heterocycles. The molecule has 0 bridgehead atoms. The second kappa shape index (κ2) is 4.96. The second-order valence-electron chi connectivity index (χ2n) is 5.16. The number of rotatable bonds is 4. The van der Waals surface area contributed by atoms with Crippen LogP contribution in [0.4, 0.5) is 0 Å². The molecule has 0 aliphatic heterocycles. The Morgan fingerprint density at radius 3 is 2.81 bits per heavy atom. The average Bonchev–Trinajstić information content (AvgIpc) is 3.09. The lowest BCUT2D eigenvalue weighted by atomic mass is 10.3. The molecular weight excluding hydrogens is 284 g/mol. The van der Waals surface area contributed by atoms with Gasteiger partial charge in [0.15, 0.2) is 5.82 Å². The average molecular weight is 298 g/mol. The first-order valence-corrected chi connectivity index (χ1v) is 7.84. The Hall–Kier alpha value is -2.21. The van der Waals surface area contributed by atoms with Crippen molar-refractivity contribution in [2.45, 2.75) is 25.4 Å². The van der Waals surface area contributed by atoms with E-state index in [0.29, 0.717) is 12.6 Å². The first kappa shape index (κ1) is 12.5. The fourth-order valence-electron chi connectivity index (χ4n) is 2.40. The van der Waals surface area contributed by atoms with E-state index < -0.39 is 0 Å². The molecule has 106 valence electrons. The van der Waals surface area contributed by atoms with E-state index in [-0.39, 0.29) is 5.69 Å². The second-order valence-corrected chi connectivity index (χ2v) is 6.11. The zero-order valence-electron chi connectivity index (χ0n) is 11.3. The summed E-state index contributed by atoms with van der Waals surface area (Å²) in [5.74, 6) is 0.786. The molecule has 0 aromatic carbocycles. The molecule has 6 heteroatoms. The molecule has 3 aromatic rings. The zero-order chi connectivity index (χ0) is 14.2. The highest BCUT2D eigenvalue weighted by molar-refractivity contribution is 7.13. The SMILES string of the molecule is O=c1n(Cc2ccccn2)nc(-c2cccs2)n1C1CC1. The Balaban J connectivity index is 1.78. The predicted octanol–water partition coefficient (Wildman–Crippen LogP) is 2.55. The smallest absolute Gasteiger partial charge is 0.271 e. The number of pyridine rings is 1. The van der Waals surface area contributed by atoms with Crippen LogP contribution in [0.15, 0.2) is 46.7 Å². The summed E-state index contributed by atoms with van der Waals surface area (Å²) in [5.41, 5.74) is 0.810. The normalized spacial score (nSPS) is 14.5. The minimum atomic E-state index is -0.0356. The molecule has 0 amide bonds. The molecule has 1 saturated carbocycles. The van der Waals surface area contributed by atoms with Crippen molar-refractivity contribution in [2.75, 3.05) is 0 Å². The molecule has 21 heavy (non-hydrogen) atoms. The monoisotopic (exact) mass is 298 g/mol. The van der Waals surface area contributed by atoms with Crippen LogP contribution in [-0.4, -0.2) is 19.3 Å². The highest BCUT2D eigenvalue weighted by atomic mass is 32.1. The first-order chi connectivity index (χ1) is 10.3. The van der Waals surface area contributed by atoms with E-state index in [0.717, 1.165) is 29.2 Å². The van der Waals surface area contributed by atoms with Crippen LogP contribution in [0, 0.1) is 0 Å². The van der Waals surface area contributed by atoms with Gasteiger partial charge in [-0.25, -0.2) is 9.48 Å². The summed E-state index contributed by atoms with van der Waals surface area (Å²) in [4.78, 5) is 17.9. The van der Waals surface area contributed by atoms with E-state index in [1.54, 1.807) is 17.5 Å². The standard InChI is InChI=1S/C15H14N4OS/c20-15-18(10-11-4-1-2-8-16-11)17-14(13-5-3-9-21-13)19(15)12-6-7-12/h1-5,8-9,12H,6-7,10H2. The van der Waals surface area contributed by atoms with E-state index in [9.17, 15) is 4.79 Å². The fraction of sp³-hybridized carbons (Fsp3) is 0.267. The highest BCUT2D eigenvalue weighted by Gasteiger charge is 2.30. The van der Waals surface area contributed by atoms with Crippen molar-refractivity contribution in [2.24, 2.45) is 0 Å². The lowest BCUT2D eigenvalue weighted by molar-refractivity contribution is 0.617. The van der Waals surface area contributed by atoms with Gasteiger partial charge < -0.3 is 0 Å². The lowest BCUT2D eigenvalue weighted by Gasteiger charge is -1.99. The third-order valence-electron chi connectivity index (χ3n) is 3.56. The summed E-state index contributed by atoms with van der Waals surface area (Å²) in [6.45, 7) is 0.414. The van der Waals surface area contributed by atoms with Crippen LogP contribution in [0.1, 0.15) is 24.6 Å². The zero-order valence-corrected chi connectivity index (χ0v) is 12.2. The molecule has 0 spiro atoms. The van der Waals surface area contributed by atoms with Crippen LogP contribution in [0.25, 0.3) is 10.7 Å². The minimum Gasteiger partial charge on any atom is -0.271 e. The van der Waals surface area contributed by atoms with Crippen molar-refractivity contribution in [3.8, 4) is 10.7 Å². The van der Waals surface area contributed by atoms with Crippen molar-refractivity contribution in [3.63, 3.8) is 0 Å². The number of hydrogen-bond acceptors (Lipinski definition) is 4. The quantitative estimate of drug-likeness (QED) is 0.744. The molecule has 1 aliphatic rings. The Morgan fingerprint density at radius 1 is 1.24 bits per heavy atom. The largest absolute Gasteiger partial charge is 0.346 e. The molecule has 4 rings (SSSR count). The van der Waals surface area contributed by atoms with Crippen LogP contribution in [0.5, 0.6) is 0 Å². The van der Waals surface area contributed by atoms with Gasteiger partial charge in [-0.1, -0.05) is 12.1 Å². The first-order valence-electron chi connectivity index (χ1n) is 6.96. The Kier molecular flexibility index (Phi) is 2.96. The summed E-state index contributed by atoms with van der Waals surface area (Å²) < 4.78 is 3.37. The van der Waals surface area contributed by atoms with Gasteiger partial charge in [-0.2, -0.15) is 0 Å². The van der Waals surface area contributed by atoms with Gasteiger partial charge in [-0.3, -0.25) is 9.55 Å². The number of hydrogen-bond donors (Lipinski definition) is 0. The van der Waals surface area contributed by atoms with Gasteiger partial charge in [0, 0.05) is 12.2 Å².